The molecular weight excluding hydrogens is 202 g/mol. The largest absolute Gasteiger partial charge is 0.383 e. The topological polar surface area (TPSA) is 39.1 Å². The van der Waals surface area contributed by atoms with Crippen LogP contribution in [-0.4, -0.2) is 36.6 Å². The van der Waals surface area contributed by atoms with Crippen LogP contribution < -0.4 is 5.32 Å². The maximum Gasteiger partial charge on any atom is 0.0876 e. The van der Waals surface area contributed by atoms with Crippen LogP contribution >= 0.6 is 0 Å². The van der Waals surface area contributed by atoms with E-state index < -0.39 is 0 Å². The third-order valence-electron chi connectivity index (χ3n) is 2.37. The van der Waals surface area contributed by atoms with E-state index in [1.807, 2.05) is 24.0 Å². The van der Waals surface area contributed by atoms with E-state index in [9.17, 15) is 0 Å². The summed E-state index contributed by atoms with van der Waals surface area (Å²) in [6.07, 6.45) is 5.19. The summed E-state index contributed by atoms with van der Waals surface area (Å²) in [6.45, 7) is 4.75. The predicted octanol–water partition coefficient (Wildman–Crippen LogP) is 1.45. The van der Waals surface area contributed by atoms with Gasteiger partial charge in [0.2, 0.25) is 0 Å². The molecule has 0 bridgehead atoms. The lowest BCUT2D eigenvalue weighted by molar-refractivity contribution is 0.199. The number of nitrogens with zero attached hydrogens (tertiary/aromatic N) is 2. The number of aryl methyl sites for hydroxylation is 1. The minimum atomic E-state index is 0.767. The van der Waals surface area contributed by atoms with Gasteiger partial charge in [0.15, 0.2) is 0 Å². The lowest BCUT2D eigenvalue weighted by Gasteiger charge is -2.01. The maximum atomic E-state index is 4.95. The van der Waals surface area contributed by atoms with E-state index in [0.29, 0.717) is 0 Å². The molecule has 0 atom stereocenters. The summed E-state index contributed by atoms with van der Waals surface area (Å²) in [5, 5.41) is 7.65. The Kier molecular flexibility index (Phi) is 5.82. The molecule has 0 saturated heterocycles. The summed E-state index contributed by atoms with van der Waals surface area (Å²) in [6, 6.07) is 2.03. The highest BCUT2D eigenvalue weighted by Gasteiger charge is 1.97. The predicted molar refractivity (Wildman–Crippen MR) is 66.2 cm³/mol. The third-order valence-corrected chi connectivity index (χ3v) is 2.37. The molecule has 0 aromatic carbocycles. The Bertz CT molecular complexity index is 331. The molecule has 0 radical (unpaired) electrons. The molecule has 1 N–H and O–H groups in total. The van der Waals surface area contributed by atoms with Crippen molar-refractivity contribution in [1.82, 2.24) is 15.1 Å². The van der Waals surface area contributed by atoms with Crippen LogP contribution in [0.2, 0.25) is 0 Å². The lowest BCUT2D eigenvalue weighted by atomic mass is 10.2. The van der Waals surface area contributed by atoms with Gasteiger partial charge in [0.25, 0.3) is 0 Å². The molecule has 1 aromatic heterocycles. The zero-order valence-corrected chi connectivity index (χ0v) is 10.4. The zero-order valence-electron chi connectivity index (χ0n) is 10.4. The molecule has 0 aliphatic rings. The van der Waals surface area contributed by atoms with E-state index >= 15 is 0 Å². The van der Waals surface area contributed by atoms with Crippen molar-refractivity contribution < 1.29 is 4.74 Å². The first-order valence-electron chi connectivity index (χ1n) is 5.60. The van der Waals surface area contributed by atoms with E-state index in [-0.39, 0.29) is 0 Å². The van der Waals surface area contributed by atoms with Crippen LogP contribution in [0.1, 0.15) is 19.0 Å². The van der Waals surface area contributed by atoms with Crippen molar-refractivity contribution in [2.24, 2.45) is 7.05 Å². The molecule has 0 saturated carbocycles. The van der Waals surface area contributed by atoms with Crippen LogP contribution in [-0.2, 0) is 11.8 Å². The Morgan fingerprint density at radius 2 is 2.38 bits per heavy atom. The van der Waals surface area contributed by atoms with Gasteiger partial charge in [-0.25, -0.2) is 0 Å². The van der Waals surface area contributed by atoms with Crippen molar-refractivity contribution >= 4 is 5.57 Å². The monoisotopic (exact) mass is 223 g/mol. The van der Waals surface area contributed by atoms with Gasteiger partial charge in [-0.05, 0) is 31.5 Å². The average molecular weight is 223 g/mol. The molecule has 0 unspecified atom stereocenters. The molecule has 16 heavy (non-hydrogen) atoms. The second-order valence-electron chi connectivity index (χ2n) is 3.79. The molecule has 0 aliphatic heterocycles. The van der Waals surface area contributed by atoms with E-state index in [0.717, 1.165) is 31.8 Å². The van der Waals surface area contributed by atoms with Crippen molar-refractivity contribution in [3.8, 4) is 0 Å². The highest BCUT2D eigenvalue weighted by Crippen LogP contribution is 2.10. The molecule has 1 heterocycles. The summed E-state index contributed by atoms with van der Waals surface area (Å²) in [5.74, 6) is 0. The van der Waals surface area contributed by atoms with Crippen LogP contribution in [0.15, 0.2) is 18.3 Å². The van der Waals surface area contributed by atoms with Gasteiger partial charge < -0.3 is 10.1 Å². The van der Waals surface area contributed by atoms with Crippen molar-refractivity contribution in [2.45, 2.75) is 13.3 Å². The van der Waals surface area contributed by atoms with E-state index in [1.165, 1.54) is 5.57 Å². The number of hydrogen-bond donors (Lipinski definition) is 1. The van der Waals surface area contributed by atoms with Crippen LogP contribution in [0, 0.1) is 0 Å². The van der Waals surface area contributed by atoms with Crippen molar-refractivity contribution in [1.29, 1.82) is 0 Å². The lowest BCUT2D eigenvalue weighted by Crippen LogP contribution is -2.19. The van der Waals surface area contributed by atoms with Crippen molar-refractivity contribution in [2.75, 3.05) is 26.8 Å². The molecule has 0 fully saturated rings. The Morgan fingerprint density at radius 3 is 3.00 bits per heavy atom. The molecule has 1 rings (SSSR count). The van der Waals surface area contributed by atoms with Crippen LogP contribution in [0.25, 0.3) is 5.57 Å². The van der Waals surface area contributed by atoms with Gasteiger partial charge in [-0.1, -0.05) is 6.08 Å². The van der Waals surface area contributed by atoms with Gasteiger partial charge in [-0.15, -0.1) is 0 Å². The van der Waals surface area contributed by atoms with Gasteiger partial charge >= 0.3 is 0 Å². The standard InChI is InChI=1S/C12H21N3O/c1-11(12-6-9-15(2)14-12)5-4-7-13-8-10-16-3/h5-6,9,13H,4,7-8,10H2,1-3H3/b11-5-. The first-order valence-corrected chi connectivity index (χ1v) is 5.60. The molecular formula is C12H21N3O. The number of hydrogen-bond acceptors (Lipinski definition) is 3. The minimum absolute atomic E-state index is 0.767. The van der Waals surface area contributed by atoms with Gasteiger partial charge in [0, 0.05) is 26.9 Å². The van der Waals surface area contributed by atoms with E-state index in [4.69, 9.17) is 4.74 Å². The Balaban J connectivity index is 2.24. The van der Waals surface area contributed by atoms with Gasteiger partial charge in [0.05, 0.1) is 12.3 Å². The highest BCUT2D eigenvalue weighted by molar-refractivity contribution is 5.59. The summed E-state index contributed by atoms with van der Waals surface area (Å²) >= 11 is 0. The number of ether oxygens (including phenoxy) is 1. The molecule has 90 valence electrons. The molecule has 4 nitrogen and oxygen atoms in total. The van der Waals surface area contributed by atoms with Gasteiger partial charge in [-0.3, -0.25) is 4.68 Å². The summed E-state index contributed by atoms with van der Waals surface area (Å²) in [5.41, 5.74) is 2.29. The molecule has 4 heteroatoms. The Morgan fingerprint density at radius 1 is 1.56 bits per heavy atom. The quantitative estimate of drug-likeness (QED) is 0.711. The average Bonchev–Trinajstić information content (AvgIpc) is 2.70. The fraction of sp³-hybridized carbons (Fsp3) is 0.583. The number of rotatable bonds is 7. The Hall–Kier alpha value is -1.13. The molecule has 0 amide bonds. The second-order valence-corrected chi connectivity index (χ2v) is 3.79. The van der Waals surface area contributed by atoms with Gasteiger partial charge in [0.1, 0.15) is 0 Å². The zero-order chi connectivity index (χ0) is 11.8. The smallest absolute Gasteiger partial charge is 0.0876 e. The fourth-order valence-corrected chi connectivity index (χ4v) is 1.42. The second kappa shape index (κ2) is 7.19. The first kappa shape index (κ1) is 12.9. The first-order chi connectivity index (χ1) is 7.74. The Labute approximate surface area is 97.3 Å². The number of methoxy groups -OCH3 is 1. The molecule has 1 aromatic rings. The normalized spacial score (nSPS) is 12.1. The van der Waals surface area contributed by atoms with Crippen LogP contribution in [0.5, 0.6) is 0 Å². The van der Waals surface area contributed by atoms with Crippen LogP contribution in [0.3, 0.4) is 0 Å². The molecule has 0 aliphatic carbocycles. The third kappa shape index (κ3) is 4.59. The van der Waals surface area contributed by atoms with Crippen molar-refractivity contribution in [3.05, 3.63) is 24.0 Å². The number of nitrogens with one attached hydrogen (secondary N) is 1. The SMILES string of the molecule is COCCNCC/C=C(/C)c1ccn(C)n1. The van der Waals surface area contributed by atoms with E-state index in [2.05, 4.69) is 23.4 Å². The minimum Gasteiger partial charge on any atom is -0.383 e. The summed E-state index contributed by atoms with van der Waals surface area (Å²) < 4.78 is 6.77. The van der Waals surface area contributed by atoms with E-state index in [1.54, 1.807) is 7.11 Å². The highest BCUT2D eigenvalue weighted by atomic mass is 16.5. The van der Waals surface area contributed by atoms with Crippen LogP contribution in [0.4, 0.5) is 0 Å². The maximum absolute atomic E-state index is 4.95. The fourth-order valence-electron chi connectivity index (χ4n) is 1.42. The summed E-state index contributed by atoms with van der Waals surface area (Å²) in [7, 11) is 3.65. The van der Waals surface area contributed by atoms with Gasteiger partial charge in [-0.2, -0.15) is 5.10 Å². The number of allylic oxidation sites excluding steroid dienone is 1. The summed E-state index contributed by atoms with van der Waals surface area (Å²) in [4.78, 5) is 0. The molecule has 0 spiro atoms. The van der Waals surface area contributed by atoms with Crippen molar-refractivity contribution in [3.63, 3.8) is 0 Å². The number of aromatic nitrogens is 2.